The molecule has 84 heavy (non-hydrogen) atoms. The van der Waals surface area contributed by atoms with Gasteiger partial charge in [-0.1, -0.05) is 243 Å². The van der Waals surface area contributed by atoms with Crippen molar-refractivity contribution in [1.29, 1.82) is 0 Å². The number of fused-ring (bicyclic) bond motifs is 6. The molecule has 6 heteroatoms. The highest BCUT2D eigenvalue weighted by atomic mass is 14.9. The lowest BCUT2D eigenvalue weighted by Crippen LogP contribution is -1.99. The first-order valence-corrected chi connectivity index (χ1v) is 28.3. The van der Waals surface area contributed by atoms with Crippen LogP contribution >= 0.6 is 0 Å². The molecule has 4 heterocycles. The third kappa shape index (κ3) is 8.52. The zero-order chi connectivity index (χ0) is 55.5. The molecule has 12 aromatic carbocycles. The van der Waals surface area contributed by atoms with E-state index in [1.165, 1.54) is 22.3 Å². The fourth-order valence-electron chi connectivity index (χ4n) is 12.4. The number of para-hydroxylation sites is 2. The van der Waals surface area contributed by atoms with Gasteiger partial charge in [-0.25, -0.2) is 19.9 Å². The van der Waals surface area contributed by atoms with Crippen molar-refractivity contribution in [3.63, 3.8) is 0 Å². The van der Waals surface area contributed by atoms with Gasteiger partial charge in [-0.15, -0.1) is 0 Å². The molecule has 16 rings (SSSR count). The lowest BCUT2D eigenvalue weighted by Gasteiger charge is -2.18. The maximum Gasteiger partial charge on any atom is 0.161 e. The molecular weight excluding hydrogens is 1020 g/mol. The van der Waals surface area contributed by atoms with Gasteiger partial charge in [0.2, 0.25) is 0 Å². The van der Waals surface area contributed by atoms with Gasteiger partial charge in [0.1, 0.15) is 0 Å². The van der Waals surface area contributed by atoms with Gasteiger partial charge in [-0.05, 0) is 113 Å². The van der Waals surface area contributed by atoms with E-state index in [4.69, 9.17) is 29.9 Å². The first-order chi connectivity index (χ1) is 41.6. The summed E-state index contributed by atoms with van der Waals surface area (Å²) in [5.41, 5.74) is 17.8. The Morgan fingerprint density at radius 2 is 0.464 bits per heavy atom. The van der Waals surface area contributed by atoms with Crippen LogP contribution in [0.25, 0.3) is 166 Å². The van der Waals surface area contributed by atoms with Gasteiger partial charge in [0.15, 0.2) is 11.6 Å². The number of nitrogens with zero attached hydrogens (tertiary/aromatic N) is 6. The van der Waals surface area contributed by atoms with Crippen molar-refractivity contribution in [1.82, 2.24) is 29.9 Å². The highest BCUT2D eigenvalue weighted by Crippen LogP contribution is 2.46. The molecule has 0 fully saturated rings. The van der Waals surface area contributed by atoms with Crippen LogP contribution in [0.3, 0.4) is 0 Å². The molecule has 0 unspecified atom stereocenters. The second-order valence-electron chi connectivity index (χ2n) is 21.3. The molecule has 0 aliphatic rings. The topological polar surface area (TPSA) is 77.3 Å². The molecule has 0 atom stereocenters. The summed E-state index contributed by atoms with van der Waals surface area (Å²) in [6.45, 7) is 0. The molecule has 0 amide bonds. The van der Waals surface area contributed by atoms with E-state index in [2.05, 4.69) is 255 Å². The minimum atomic E-state index is 0.654. The Labute approximate surface area is 484 Å². The first-order valence-electron chi connectivity index (χ1n) is 28.3. The van der Waals surface area contributed by atoms with Crippen molar-refractivity contribution in [3.05, 3.63) is 291 Å². The van der Waals surface area contributed by atoms with Crippen LogP contribution in [0.2, 0.25) is 0 Å². The van der Waals surface area contributed by atoms with Gasteiger partial charge in [0, 0.05) is 56.5 Å². The zero-order valence-corrected chi connectivity index (χ0v) is 45.4. The predicted molar refractivity (Wildman–Crippen MR) is 347 cm³/mol. The molecule has 390 valence electrons. The van der Waals surface area contributed by atoms with Gasteiger partial charge in [-0.2, -0.15) is 0 Å². The third-order valence-corrected chi connectivity index (χ3v) is 16.4. The Hall–Kier alpha value is -11.3. The molecule has 0 N–H and O–H groups in total. The molecular formula is C78H48N6. The molecule has 16 aromatic rings. The van der Waals surface area contributed by atoms with Crippen LogP contribution in [-0.4, -0.2) is 29.9 Å². The van der Waals surface area contributed by atoms with Gasteiger partial charge in [0.25, 0.3) is 0 Å². The normalized spacial score (nSPS) is 11.6. The fourth-order valence-corrected chi connectivity index (χ4v) is 12.4. The van der Waals surface area contributed by atoms with E-state index in [0.29, 0.717) is 11.6 Å². The summed E-state index contributed by atoms with van der Waals surface area (Å²) in [5, 5.41) is 11.1. The minimum Gasteiger partial charge on any atom is -0.256 e. The lowest BCUT2D eigenvalue weighted by atomic mass is 9.88. The summed E-state index contributed by atoms with van der Waals surface area (Å²) in [6.07, 6.45) is 3.85. The highest BCUT2D eigenvalue weighted by Gasteiger charge is 2.23. The summed E-state index contributed by atoms with van der Waals surface area (Å²) in [5.74, 6) is 1.31. The molecule has 0 spiro atoms. The molecule has 6 nitrogen and oxygen atoms in total. The summed E-state index contributed by atoms with van der Waals surface area (Å²) in [7, 11) is 0. The van der Waals surface area contributed by atoms with E-state index in [1.54, 1.807) is 0 Å². The largest absolute Gasteiger partial charge is 0.256 e. The summed E-state index contributed by atoms with van der Waals surface area (Å²) in [4.78, 5) is 31.6. The maximum absolute atomic E-state index is 5.49. The third-order valence-electron chi connectivity index (χ3n) is 16.4. The van der Waals surface area contributed by atoms with Crippen LogP contribution < -0.4 is 0 Å². The Balaban J connectivity index is 0.809. The predicted octanol–water partition coefficient (Wildman–Crippen LogP) is 20.0. The van der Waals surface area contributed by atoms with E-state index >= 15 is 0 Å². The number of hydrogen-bond donors (Lipinski definition) is 0. The van der Waals surface area contributed by atoms with Crippen molar-refractivity contribution in [2.24, 2.45) is 0 Å². The molecule has 0 aliphatic heterocycles. The monoisotopic (exact) mass is 1070 g/mol. The number of rotatable bonds is 9. The van der Waals surface area contributed by atoms with Crippen molar-refractivity contribution in [3.8, 4) is 101 Å². The number of pyridine rings is 2. The van der Waals surface area contributed by atoms with Crippen molar-refractivity contribution >= 4 is 64.9 Å². The van der Waals surface area contributed by atoms with E-state index < -0.39 is 0 Å². The Bertz CT molecular complexity index is 4790. The average molecular weight is 1070 g/mol. The Kier molecular flexibility index (Phi) is 11.8. The van der Waals surface area contributed by atoms with Crippen LogP contribution in [0, 0.1) is 0 Å². The standard InChI is InChI=1S/C78H48N6/c1-3-19-53(20-4-1)73-59-25-9-13-29-63(59)75(64-30-14-10-26-60(64)73)77-81-69(45-71(83-77)57-43-55-23-7-17-33-67(55)79-47-57)51-39-35-49(36-40-51)50-37-41-52(42-38-50)70-46-72(58-44-56-24-8-18-34-68(56)80-48-58)84-78(82-70)76-65-31-15-11-27-61(65)74(54-21-5-2-6-22-54)62-28-12-16-32-66(62)76/h1-48H. The number of benzene rings is 12. The van der Waals surface area contributed by atoms with E-state index in [9.17, 15) is 0 Å². The van der Waals surface area contributed by atoms with Crippen molar-refractivity contribution < 1.29 is 0 Å². The summed E-state index contributed by atoms with van der Waals surface area (Å²) in [6, 6.07) is 98.4. The smallest absolute Gasteiger partial charge is 0.161 e. The van der Waals surface area contributed by atoms with Crippen LogP contribution in [0.4, 0.5) is 0 Å². The van der Waals surface area contributed by atoms with Gasteiger partial charge >= 0.3 is 0 Å². The van der Waals surface area contributed by atoms with Crippen molar-refractivity contribution in [2.75, 3.05) is 0 Å². The quantitative estimate of drug-likeness (QED) is 0.134. The Morgan fingerprint density at radius 3 is 0.810 bits per heavy atom. The lowest BCUT2D eigenvalue weighted by molar-refractivity contribution is 1.19. The zero-order valence-electron chi connectivity index (χ0n) is 45.4. The van der Waals surface area contributed by atoms with Crippen LogP contribution in [0.5, 0.6) is 0 Å². The molecule has 4 aromatic heterocycles. The van der Waals surface area contributed by atoms with Crippen LogP contribution in [0.15, 0.2) is 291 Å². The fraction of sp³-hybridized carbons (Fsp3) is 0. The summed E-state index contributed by atoms with van der Waals surface area (Å²) >= 11 is 0. The van der Waals surface area contributed by atoms with E-state index in [0.717, 1.165) is 132 Å². The SMILES string of the molecule is c1ccc(-c2c3ccccc3c(-c3nc(-c4ccc(-c5ccc(-c6cc(-c7cnc8ccccc8c7)nc(-c7c8ccccc8c(-c8ccccc8)c8ccccc78)n6)cc5)cc4)cc(-c4cnc5ccccc5c4)n3)c3ccccc23)cc1. The van der Waals surface area contributed by atoms with Gasteiger partial charge in [0.05, 0.1) is 33.8 Å². The second-order valence-corrected chi connectivity index (χ2v) is 21.3. The molecule has 0 saturated heterocycles. The molecule has 0 saturated carbocycles. The Morgan fingerprint density at radius 1 is 0.190 bits per heavy atom. The van der Waals surface area contributed by atoms with Crippen LogP contribution in [-0.2, 0) is 0 Å². The second kappa shape index (κ2) is 20.3. The number of aromatic nitrogens is 6. The van der Waals surface area contributed by atoms with E-state index in [-0.39, 0.29) is 0 Å². The highest BCUT2D eigenvalue weighted by molar-refractivity contribution is 6.22. The van der Waals surface area contributed by atoms with Gasteiger partial charge < -0.3 is 0 Å². The number of hydrogen-bond acceptors (Lipinski definition) is 6. The molecule has 0 radical (unpaired) electrons. The summed E-state index contributed by atoms with van der Waals surface area (Å²) < 4.78 is 0. The first kappa shape index (κ1) is 48.6. The average Bonchev–Trinajstić information content (AvgIpc) is 1.94. The minimum absolute atomic E-state index is 0.654. The molecule has 0 aliphatic carbocycles. The van der Waals surface area contributed by atoms with Crippen molar-refractivity contribution in [2.45, 2.75) is 0 Å². The maximum atomic E-state index is 5.49. The van der Waals surface area contributed by atoms with Gasteiger partial charge in [-0.3, -0.25) is 9.97 Å². The van der Waals surface area contributed by atoms with E-state index in [1.807, 2.05) is 36.7 Å². The molecule has 0 bridgehead atoms. The van der Waals surface area contributed by atoms with Crippen LogP contribution in [0.1, 0.15) is 0 Å².